The van der Waals surface area contributed by atoms with Crippen LogP contribution in [-0.4, -0.2) is 71.3 Å². The lowest BCUT2D eigenvalue weighted by molar-refractivity contribution is 0.0939. The van der Waals surface area contributed by atoms with Crippen molar-refractivity contribution in [2.45, 2.75) is 13.3 Å². The molecule has 0 aliphatic carbocycles. The van der Waals surface area contributed by atoms with Crippen molar-refractivity contribution < 1.29 is 4.79 Å². The van der Waals surface area contributed by atoms with E-state index in [1.54, 1.807) is 24.0 Å². The standard InChI is InChI=1S/C14H25N5O/c1-3-18-9-11-19(12-10-18)8-4-6-15-14(20)13-5-7-16-17(13)2/h5,7H,3-4,6,8-12H2,1-2H3,(H,15,20). The molecular formula is C14H25N5O. The van der Waals surface area contributed by atoms with Gasteiger partial charge in [-0.15, -0.1) is 0 Å². The van der Waals surface area contributed by atoms with Crippen molar-refractivity contribution in [3.8, 4) is 0 Å². The number of likely N-dealkylation sites (N-methyl/N-ethyl adjacent to an activating group) is 1. The van der Waals surface area contributed by atoms with E-state index in [4.69, 9.17) is 0 Å². The summed E-state index contributed by atoms with van der Waals surface area (Å²) in [7, 11) is 1.78. The van der Waals surface area contributed by atoms with Crippen LogP contribution in [0.4, 0.5) is 0 Å². The van der Waals surface area contributed by atoms with Gasteiger partial charge in [-0.25, -0.2) is 0 Å². The highest BCUT2D eigenvalue weighted by Gasteiger charge is 2.15. The third-order valence-electron chi connectivity index (χ3n) is 3.90. The number of aryl methyl sites for hydroxylation is 1. The molecule has 1 aliphatic rings. The van der Waals surface area contributed by atoms with Crippen molar-refractivity contribution in [1.82, 2.24) is 24.9 Å². The SMILES string of the molecule is CCN1CCN(CCCNC(=O)c2ccnn2C)CC1. The lowest BCUT2D eigenvalue weighted by atomic mass is 10.3. The second-order valence-electron chi connectivity index (χ2n) is 5.23. The van der Waals surface area contributed by atoms with Gasteiger partial charge in [-0.1, -0.05) is 6.92 Å². The van der Waals surface area contributed by atoms with E-state index in [0.29, 0.717) is 5.69 Å². The zero-order chi connectivity index (χ0) is 14.4. The first-order valence-electron chi connectivity index (χ1n) is 7.41. The van der Waals surface area contributed by atoms with Gasteiger partial charge in [0.15, 0.2) is 0 Å². The normalized spacial score (nSPS) is 17.3. The van der Waals surface area contributed by atoms with Crippen LogP contribution in [0, 0.1) is 0 Å². The highest BCUT2D eigenvalue weighted by atomic mass is 16.2. The number of carbonyl (C=O) groups is 1. The van der Waals surface area contributed by atoms with Gasteiger partial charge in [-0.3, -0.25) is 9.48 Å². The molecule has 2 rings (SSSR count). The van der Waals surface area contributed by atoms with Crippen molar-refractivity contribution in [2.24, 2.45) is 7.05 Å². The van der Waals surface area contributed by atoms with Crippen molar-refractivity contribution >= 4 is 5.91 Å². The van der Waals surface area contributed by atoms with E-state index in [2.05, 4.69) is 27.1 Å². The van der Waals surface area contributed by atoms with Gasteiger partial charge in [0.1, 0.15) is 5.69 Å². The van der Waals surface area contributed by atoms with Gasteiger partial charge in [0.05, 0.1) is 0 Å². The highest BCUT2D eigenvalue weighted by molar-refractivity contribution is 5.92. The number of nitrogens with zero attached hydrogens (tertiary/aromatic N) is 4. The van der Waals surface area contributed by atoms with Crippen LogP contribution >= 0.6 is 0 Å². The van der Waals surface area contributed by atoms with Crippen LogP contribution in [0.3, 0.4) is 0 Å². The van der Waals surface area contributed by atoms with Crippen LogP contribution in [0.15, 0.2) is 12.3 Å². The first kappa shape index (κ1) is 15.0. The smallest absolute Gasteiger partial charge is 0.269 e. The summed E-state index contributed by atoms with van der Waals surface area (Å²) in [6.07, 6.45) is 2.64. The molecule has 1 amide bonds. The molecule has 2 heterocycles. The van der Waals surface area contributed by atoms with Gasteiger partial charge in [-0.2, -0.15) is 5.10 Å². The average Bonchev–Trinajstić information content (AvgIpc) is 2.90. The molecule has 0 radical (unpaired) electrons. The molecule has 0 saturated carbocycles. The Bertz CT molecular complexity index is 423. The summed E-state index contributed by atoms with van der Waals surface area (Å²) in [6.45, 7) is 9.75. The Hall–Kier alpha value is -1.40. The molecule has 1 saturated heterocycles. The first-order chi connectivity index (χ1) is 9.70. The third-order valence-corrected chi connectivity index (χ3v) is 3.90. The number of amides is 1. The van der Waals surface area contributed by atoms with Gasteiger partial charge >= 0.3 is 0 Å². The molecule has 112 valence electrons. The molecule has 20 heavy (non-hydrogen) atoms. The monoisotopic (exact) mass is 279 g/mol. The zero-order valence-corrected chi connectivity index (χ0v) is 12.5. The van der Waals surface area contributed by atoms with Gasteiger partial charge in [0, 0.05) is 46.0 Å². The number of nitrogens with one attached hydrogen (secondary N) is 1. The van der Waals surface area contributed by atoms with E-state index in [1.165, 1.54) is 0 Å². The number of carbonyl (C=O) groups excluding carboxylic acids is 1. The summed E-state index contributed by atoms with van der Waals surface area (Å²) in [4.78, 5) is 16.8. The number of rotatable bonds is 6. The van der Waals surface area contributed by atoms with E-state index in [-0.39, 0.29) is 5.91 Å². The second kappa shape index (κ2) is 7.40. The Labute approximate surface area is 120 Å². The van der Waals surface area contributed by atoms with Gasteiger partial charge in [-0.05, 0) is 25.6 Å². The van der Waals surface area contributed by atoms with Crippen LogP contribution < -0.4 is 5.32 Å². The predicted octanol–water partition coefficient (Wildman–Crippen LogP) is 0.178. The van der Waals surface area contributed by atoms with E-state index in [1.807, 2.05) is 0 Å². The Morgan fingerprint density at radius 1 is 1.30 bits per heavy atom. The molecule has 0 unspecified atom stereocenters. The van der Waals surface area contributed by atoms with E-state index >= 15 is 0 Å². The summed E-state index contributed by atoms with van der Waals surface area (Å²) in [6, 6.07) is 1.74. The fourth-order valence-electron chi connectivity index (χ4n) is 2.52. The minimum absolute atomic E-state index is 0.0409. The van der Waals surface area contributed by atoms with Crippen LogP contribution in [0.1, 0.15) is 23.8 Å². The summed E-state index contributed by atoms with van der Waals surface area (Å²) < 4.78 is 1.60. The van der Waals surface area contributed by atoms with E-state index in [0.717, 1.165) is 52.2 Å². The third kappa shape index (κ3) is 4.05. The lowest BCUT2D eigenvalue weighted by Gasteiger charge is -2.33. The molecule has 1 aliphatic heterocycles. The van der Waals surface area contributed by atoms with E-state index in [9.17, 15) is 4.79 Å². The molecule has 6 heteroatoms. The Morgan fingerprint density at radius 2 is 2.00 bits per heavy atom. The first-order valence-corrected chi connectivity index (χ1v) is 7.41. The van der Waals surface area contributed by atoms with Crippen molar-refractivity contribution in [1.29, 1.82) is 0 Å². The Morgan fingerprint density at radius 3 is 2.60 bits per heavy atom. The minimum atomic E-state index is -0.0409. The van der Waals surface area contributed by atoms with Crippen molar-refractivity contribution in [2.75, 3.05) is 45.8 Å². The number of aromatic nitrogens is 2. The molecular weight excluding hydrogens is 254 g/mol. The molecule has 1 aromatic rings. The molecule has 0 atom stereocenters. The van der Waals surface area contributed by atoms with Gasteiger partial charge in [0.2, 0.25) is 0 Å². The Kier molecular flexibility index (Phi) is 5.55. The quantitative estimate of drug-likeness (QED) is 0.755. The molecule has 0 spiro atoms. The number of hydrogen-bond acceptors (Lipinski definition) is 4. The fourth-order valence-corrected chi connectivity index (χ4v) is 2.52. The van der Waals surface area contributed by atoms with E-state index < -0.39 is 0 Å². The Balaban J connectivity index is 1.60. The topological polar surface area (TPSA) is 53.4 Å². The second-order valence-corrected chi connectivity index (χ2v) is 5.23. The average molecular weight is 279 g/mol. The maximum absolute atomic E-state index is 11.9. The van der Waals surface area contributed by atoms with Crippen molar-refractivity contribution in [3.05, 3.63) is 18.0 Å². The molecule has 6 nitrogen and oxygen atoms in total. The predicted molar refractivity (Wildman–Crippen MR) is 78.7 cm³/mol. The summed E-state index contributed by atoms with van der Waals surface area (Å²) in [5.41, 5.74) is 0.613. The molecule has 1 aromatic heterocycles. The molecule has 1 N–H and O–H groups in total. The number of hydrogen-bond donors (Lipinski definition) is 1. The van der Waals surface area contributed by atoms with Crippen LogP contribution in [0.5, 0.6) is 0 Å². The minimum Gasteiger partial charge on any atom is -0.351 e. The van der Waals surface area contributed by atoms with Crippen LogP contribution in [-0.2, 0) is 7.05 Å². The molecule has 0 aromatic carbocycles. The van der Waals surface area contributed by atoms with Gasteiger partial charge < -0.3 is 15.1 Å². The highest BCUT2D eigenvalue weighted by Crippen LogP contribution is 2.02. The zero-order valence-electron chi connectivity index (χ0n) is 12.5. The summed E-state index contributed by atoms with van der Waals surface area (Å²) in [5, 5.41) is 6.95. The summed E-state index contributed by atoms with van der Waals surface area (Å²) >= 11 is 0. The van der Waals surface area contributed by atoms with Gasteiger partial charge in [0.25, 0.3) is 5.91 Å². The fraction of sp³-hybridized carbons (Fsp3) is 0.714. The number of piperazine rings is 1. The lowest BCUT2D eigenvalue weighted by Crippen LogP contribution is -2.46. The van der Waals surface area contributed by atoms with Crippen molar-refractivity contribution in [3.63, 3.8) is 0 Å². The largest absolute Gasteiger partial charge is 0.351 e. The van der Waals surface area contributed by atoms with Crippen LogP contribution in [0.2, 0.25) is 0 Å². The van der Waals surface area contributed by atoms with Crippen LogP contribution in [0.25, 0.3) is 0 Å². The maximum atomic E-state index is 11.9. The molecule has 0 bridgehead atoms. The summed E-state index contributed by atoms with van der Waals surface area (Å²) in [5.74, 6) is -0.0409. The maximum Gasteiger partial charge on any atom is 0.269 e. The molecule has 1 fully saturated rings.